The Kier molecular flexibility index (Phi) is 2.37. The van der Waals surface area contributed by atoms with Gasteiger partial charge in [0.15, 0.2) is 0 Å². The smallest absolute Gasteiger partial charge is 0.378 e. The van der Waals surface area contributed by atoms with E-state index in [0.29, 0.717) is 0 Å². The summed E-state index contributed by atoms with van der Waals surface area (Å²) >= 11 is 0. The number of carboxylic acid groups (broad SMARTS) is 1. The summed E-state index contributed by atoms with van der Waals surface area (Å²) < 4.78 is 3.98. The number of rotatable bonds is 2. The van der Waals surface area contributed by atoms with Crippen molar-refractivity contribution >= 4 is 5.97 Å². The first-order valence-electron chi connectivity index (χ1n) is 1.99. The van der Waals surface area contributed by atoms with Crippen LogP contribution in [0, 0.1) is 0 Å². The van der Waals surface area contributed by atoms with E-state index in [1.54, 1.807) is 0 Å². The summed E-state index contributed by atoms with van der Waals surface area (Å²) in [5, 5.41) is 24.6. The zero-order valence-corrected chi connectivity index (χ0v) is 4.66. The third kappa shape index (κ3) is 1.89. The molecule has 5 nitrogen and oxygen atoms in total. The second-order valence-corrected chi connectivity index (χ2v) is 1.16. The van der Waals surface area contributed by atoms with Crippen LogP contribution in [0.3, 0.4) is 0 Å². The van der Waals surface area contributed by atoms with Gasteiger partial charge < -0.3 is 20.1 Å². The first-order chi connectivity index (χ1) is 4.09. The fraction of sp³-hybridized carbons (Fsp3) is 0.250. The minimum Gasteiger partial charge on any atom is -0.497 e. The van der Waals surface area contributed by atoms with Gasteiger partial charge >= 0.3 is 11.9 Å². The van der Waals surface area contributed by atoms with Crippen molar-refractivity contribution in [1.29, 1.82) is 0 Å². The Morgan fingerprint density at radius 1 is 1.33 bits per heavy atom. The predicted octanol–water partition coefficient (Wildman–Crippen LogP) is 0.00250. The molecule has 0 rings (SSSR count). The van der Waals surface area contributed by atoms with Crippen molar-refractivity contribution in [2.45, 2.75) is 0 Å². The topological polar surface area (TPSA) is 87.0 Å². The summed E-state index contributed by atoms with van der Waals surface area (Å²) in [6, 6.07) is 0. The average molecular weight is 134 g/mol. The molecule has 5 heteroatoms. The monoisotopic (exact) mass is 134 g/mol. The lowest BCUT2D eigenvalue weighted by Crippen LogP contribution is -2.04. The highest BCUT2D eigenvalue weighted by Crippen LogP contribution is 1.96. The van der Waals surface area contributed by atoms with Crippen LogP contribution in [-0.4, -0.2) is 28.4 Å². The number of aliphatic hydroxyl groups is 2. The molecule has 52 valence electrons. The van der Waals surface area contributed by atoms with Gasteiger partial charge in [-0.1, -0.05) is 0 Å². The highest BCUT2D eigenvalue weighted by molar-refractivity contribution is 5.83. The molecule has 0 unspecified atom stereocenters. The Bertz CT molecular complexity index is 147. The van der Waals surface area contributed by atoms with Crippen LogP contribution in [0.4, 0.5) is 0 Å². The molecule has 0 heterocycles. The van der Waals surface area contributed by atoms with E-state index in [1.165, 1.54) is 0 Å². The molecular weight excluding hydrogens is 128 g/mol. The van der Waals surface area contributed by atoms with Gasteiger partial charge in [-0.3, -0.25) is 0 Å². The zero-order chi connectivity index (χ0) is 7.44. The Balaban J connectivity index is 4.28. The molecule has 0 bridgehead atoms. The number of hydrogen-bond donors (Lipinski definition) is 3. The van der Waals surface area contributed by atoms with Crippen LogP contribution in [0.15, 0.2) is 11.7 Å². The van der Waals surface area contributed by atoms with Gasteiger partial charge in [-0.15, -0.1) is 0 Å². The fourth-order valence-corrected chi connectivity index (χ4v) is 0.188. The highest BCUT2D eigenvalue weighted by atomic mass is 16.6. The summed E-state index contributed by atoms with van der Waals surface area (Å²) in [4.78, 5) is 9.75. The van der Waals surface area contributed by atoms with Crippen molar-refractivity contribution in [2.75, 3.05) is 7.11 Å². The zero-order valence-electron chi connectivity index (χ0n) is 4.66. The minimum atomic E-state index is -1.63. The SMILES string of the molecule is COC(O)=C(O)C(=O)O. The highest BCUT2D eigenvalue weighted by Gasteiger charge is 2.11. The molecule has 0 saturated heterocycles. The Morgan fingerprint density at radius 3 is 1.89 bits per heavy atom. The molecule has 0 atom stereocenters. The van der Waals surface area contributed by atoms with Gasteiger partial charge in [0, 0.05) is 0 Å². The van der Waals surface area contributed by atoms with Crippen LogP contribution in [-0.2, 0) is 9.53 Å². The molecule has 0 radical (unpaired) electrons. The van der Waals surface area contributed by atoms with Gasteiger partial charge in [0.2, 0.25) is 0 Å². The molecule has 0 fully saturated rings. The summed E-state index contributed by atoms with van der Waals surface area (Å²) in [6.07, 6.45) is 0. The Morgan fingerprint density at radius 2 is 1.78 bits per heavy atom. The van der Waals surface area contributed by atoms with E-state index in [4.69, 9.17) is 15.3 Å². The molecule has 0 aromatic heterocycles. The molecule has 0 amide bonds. The van der Waals surface area contributed by atoms with E-state index in [-0.39, 0.29) is 0 Å². The average Bonchev–Trinajstić information content (AvgIpc) is 1.84. The number of carboxylic acids is 1. The van der Waals surface area contributed by atoms with E-state index in [0.717, 1.165) is 7.11 Å². The largest absolute Gasteiger partial charge is 0.497 e. The normalized spacial score (nSPS) is 12.1. The standard InChI is InChI=1S/C4H6O5/c1-9-4(8)2(5)3(6)7/h5,8H,1H3,(H,6,7). The second kappa shape index (κ2) is 2.81. The molecule has 9 heavy (non-hydrogen) atoms. The third-order valence-corrected chi connectivity index (χ3v) is 0.599. The number of aliphatic carboxylic acids is 1. The van der Waals surface area contributed by atoms with Crippen LogP contribution in [0.5, 0.6) is 0 Å². The lowest BCUT2D eigenvalue weighted by molar-refractivity contribution is -0.136. The molecule has 0 spiro atoms. The quantitative estimate of drug-likeness (QED) is 0.365. The van der Waals surface area contributed by atoms with Crippen molar-refractivity contribution in [1.82, 2.24) is 0 Å². The van der Waals surface area contributed by atoms with Gasteiger partial charge in [0.25, 0.3) is 5.76 Å². The molecule has 0 aromatic carbocycles. The van der Waals surface area contributed by atoms with Gasteiger partial charge in [0.1, 0.15) is 0 Å². The van der Waals surface area contributed by atoms with Gasteiger partial charge in [-0.25, -0.2) is 4.79 Å². The number of aliphatic hydroxyl groups excluding tert-OH is 2. The van der Waals surface area contributed by atoms with E-state index in [2.05, 4.69) is 4.74 Å². The maximum Gasteiger partial charge on any atom is 0.378 e. The van der Waals surface area contributed by atoms with Crippen molar-refractivity contribution < 1.29 is 24.9 Å². The number of hydrogen-bond acceptors (Lipinski definition) is 4. The molecular formula is C4H6O5. The first kappa shape index (κ1) is 7.61. The van der Waals surface area contributed by atoms with Crippen LogP contribution in [0.2, 0.25) is 0 Å². The lowest BCUT2D eigenvalue weighted by Gasteiger charge is -1.96. The van der Waals surface area contributed by atoms with E-state index >= 15 is 0 Å². The lowest BCUT2D eigenvalue weighted by atomic mass is 10.5. The van der Waals surface area contributed by atoms with E-state index < -0.39 is 17.7 Å². The molecule has 0 aromatic rings. The van der Waals surface area contributed by atoms with Crippen LogP contribution in [0.25, 0.3) is 0 Å². The number of carbonyl (C=O) groups is 1. The van der Waals surface area contributed by atoms with Gasteiger partial charge in [-0.2, -0.15) is 0 Å². The summed E-state index contributed by atoms with van der Waals surface area (Å²) in [5.74, 6) is -3.82. The molecule has 0 aliphatic carbocycles. The molecule has 0 saturated carbocycles. The van der Waals surface area contributed by atoms with Crippen molar-refractivity contribution in [3.05, 3.63) is 11.7 Å². The summed E-state index contributed by atoms with van der Waals surface area (Å²) in [7, 11) is 1.04. The van der Waals surface area contributed by atoms with Crippen molar-refractivity contribution in [2.24, 2.45) is 0 Å². The minimum absolute atomic E-state index is 0.998. The fourth-order valence-electron chi connectivity index (χ4n) is 0.188. The maximum atomic E-state index is 9.75. The third-order valence-electron chi connectivity index (χ3n) is 0.599. The van der Waals surface area contributed by atoms with Crippen molar-refractivity contribution in [3.63, 3.8) is 0 Å². The summed E-state index contributed by atoms with van der Waals surface area (Å²) in [5.41, 5.74) is 0. The van der Waals surface area contributed by atoms with Gasteiger partial charge in [0.05, 0.1) is 7.11 Å². The molecule has 0 aliphatic rings. The van der Waals surface area contributed by atoms with E-state index in [1.807, 2.05) is 0 Å². The molecule has 3 N–H and O–H groups in total. The molecule has 0 aliphatic heterocycles. The Labute approximate surface area is 50.8 Å². The predicted molar refractivity (Wildman–Crippen MR) is 26.9 cm³/mol. The van der Waals surface area contributed by atoms with E-state index in [9.17, 15) is 4.79 Å². The van der Waals surface area contributed by atoms with Gasteiger partial charge in [-0.05, 0) is 0 Å². The van der Waals surface area contributed by atoms with Crippen LogP contribution in [0.1, 0.15) is 0 Å². The van der Waals surface area contributed by atoms with Crippen LogP contribution >= 0.6 is 0 Å². The summed E-state index contributed by atoms with van der Waals surface area (Å²) in [6.45, 7) is 0. The number of ether oxygens (including phenoxy) is 1. The Hall–Kier alpha value is -1.39. The second-order valence-electron chi connectivity index (χ2n) is 1.16. The van der Waals surface area contributed by atoms with Crippen molar-refractivity contribution in [3.8, 4) is 0 Å². The maximum absolute atomic E-state index is 9.75. The van der Waals surface area contributed by atoms with Crippen LogP contribution < -0.4 is 0 Å². The first-order valence-corrected chi connectivity index (χ1v) is 1.99. The number of methoxy groups -OCH3 is 1.